The molecular weight excluding hydrogens is 318 g/mol. The minimum Gasteiger partial charge on any atom is -0.481 e. The summed E-state index contributed by atoms with van der Waals surface area (Å²) in [6.45, 7) is 2.20. The van der Waals surface area contributed by atoms with Crippen molar-refractivity contribution in [1.29, 1.82) is 0 Å². The summed E-state index contributed by atoms with van der Waals surface area (Å²) < 4.78 is 1.03. The van der Waals surface area contributed by atoms with Crippen LogP contribution in [0.5, 0.6) is 0 Å². The van der Waals surface area contributed by atoms with Gasteiger partial charge in [-0.1, -0.05) is 18.9 Å². The van der Waals surface area contributed by atoms with Crippen LogP contribution in [-0.2, 0) is 10.2 Å². The van der Waals surface area contributed by atoms with Gasteiger partial charge in [-0.2, -0.15) is 0 Å². The van der Waals surface area contributed by atoms with Gasteiger partial charge in [0.05, 0.1) is 11.1 Å². The van der Waals surface area contributed by atoms with Gasteiger partial charge < -0.3 is 10.0 Å². The van der Waals surface area contributed by atoms with Gasteiger partial charge in [-0.15, -0.1) is 0 Å². The van der Waals surface area contributed by atoms with Crippen LogP contribution in [0, 0.1) is 0 Å². The van der Waals surface area contributed by atoms with E-state index in [1.54, 1.807) is 0 Å². The Morgan fingerprint density at radius 2 is 1.80 bits per heavy atom. The highest BCUT2D eigenvalue weighted by Gasteiger charge is 2.43. The van der Waals surface area contributed by atoms with Crippen LogP contribution >= 0.6 is 15.9 Å². The van der Waals surface area contributed by atoms with E-state index < -0.39 is 11.4 Å². The van der Waals surface area contributed by atoms with E-state index in [4.69, 9.17) is 0 Å². The highest BCUT2D eigenvalue weighted by Crippen LogP contribution is 2.43. The monoisotopic (exact) mass is 337 g/mol. The Hall–Kier alpha value is -1.03. The Labute approximate surface area is 128 Å². The molecule has 0 spiro atoms. The van der Waals surface area contributed by atoms with Crippen molar-refractivity contribution >= 4 is 27.6 Å². The van der Waals surface area contributed by atoms with E-state index >= 15 is 0 Å². The number of carboxylic acid groups (broad SMARTS) is 1. The molecule has 1 saturated carbocycles. The van der Waals surface area contributed by atoms with Crippen LogP contribution in [-0.4, -0.2) is 24.2 Å². The number of hydrogen-bond donors (Lipinski definition) is 1. The first-order valence-corrected chi connectivity index (χ1v) is 8.21. The Morgan fingerprint density at radius 1 is 1.15 bits per heavy atom. The zero-order valence-electron chi connectivity index (χ0n) is 11.6. The zero-order chi connectivity index (χ0) is 14.2. The maximum absolute atomic E-state index is 11.8. The normalized spacial score (nSPS) is 21.4. The van der Waals surface area contributed by atoms with Gasteiger partial charge in [0.2, 0.25) is 0 Å². The average Bonchev–Trinajstić information content (AvgIpc) is 3.11. The van der Waals surface area contributed by atoms with Crippen LogP contribution in [0.2, 0.25) is 0 Å². The zero-order valence-corrected chi connectivity index (χ0v) is 13.2. The number of benzene rings is 1. The van der Waals surface area contributed by atoms with E-state index in [-0.39, 0.29) is 0 Å². The quantitative estimate of drug-likeness (QED) is 0.907. The first-order valence-electron chi connectivity index (χ1n) is 7.42. The summed E-state index contributed by atoms with van der Waals surface area (Å²) in [5, 5.41) is 9.66. The fourth-order valence-electron chi connectivity index (χ4n) is 3.62. The SMILES string of the molecule is O=C(O)C1(c2ccc(N3CCCC3)c(Br)c2)CCCC1. The number of hydrogen-bond acceptors (Lipinski definition) is 2. The molecule has 1 aliphatic heterocycles. The maximum atomic E-state index is 11.8. The topological polar surface area (TPSA) is 40.5 Å². The lowest BCUT2D eigenvalue weighted by Crippen LogP contribution is -2.32. The van der Waals surface area contributed by atoms with Crippen LogP contribution < -0.4 is 4.90 Å². The van der Waals surface area contributed by atoms with Gasteiger partial charge in [0.1, 0.15) is 0 Å². The van der Waals surface area contributed by atoms with E-state index in [9.17, 15) is 9.90 Å². The largest absolute Gasteiger partial charge is 0.481 e. The molecule has 20 heavy (non-hydrogen) atoms. The van der Waals surface area contributed by atoms with Crippen LogP contribution in [0.15, 0.2) is 22.7 Å². The van der Waals surface area contributed by atoms with E-state index in [2.05, 4.69) is 26.9 Å². The number of rotatable bonds is 3. The second-order valence-electron chi connectivity index (χ2n) is 5.95. The fraction of sp³-hybridized carbons (Fsp3) is 0.562. The van der Waals surface area contributed by atoms with Gasteiger partial charge in [0.25, 0.3) is 0 Å². The molecule has 3 rings (SSSR count). The smallest absolute Gasteiger partial charge is 0.314 e. The Bertz CT molecular complexity index is 517. The van der Waals surface area contributed by atoms with E-state index in [0.29, 0.717) is 0 Å². The molecule has 1 aliphatic carbocycles. The van der Waals surface area contributed by atoms with Crippen LogP contribution in [0.25, 0.3) is 0 Å². The van der Waals surface area contributed by atoms with Gasteiger partial charge in [-0.05, 0) is 59.3 Å². The van der Waals surface area contributed by atoms with Crippen LogP contribution in [0.1, 0.15) is 44.1 Å². The van der Waals surface area contributed by atoms with Gasteiger partial charge >= 0.3 is 5.97 Å². The van der Waals surface area contributed by atoms with Gasteiger partial charge in [0.15, 0.2) is 0 Å². The second-order valence-corrected chi connectivity index (χ2v) is 6.81. The van der Waals surface area contributed by atoms with Crippen molar-refractivity contribution in [3.8, 4) is 0 Å². The highest BCUT2D eigenvalue weighted by molar-refractivity contribution is 9.10. The molecule has 1 heterocycles. The lowest BCUT2D eigenvalue weighted by molar-refractivity contribution is -0.143. The van der Waals surface area contributed by atoms with Crippen molar-refractivity contribution < 1.29 is 9.90 Å². The Morgan fingerprint density at radius 3 is 2.35 bits per heavy atom. The van der Waals surface area contributed by atoms with Crippen LogP contribution in [0.4, 0.5) is 5.69 Å². The minimum atomic E-state index is -0.671. The minimum absolute atomic E-state index is 0.661. The van der Waals surface area contributed by atoms with E-state index in [1.807, 2.05) is 12.1 Å². The number of halogens is 1. The van der Waals surface area contributed by atoms with Crippen molar-refractivity contribution in [1.82, 2.24) is 0 Å². The Kier molecular flexibility index (Phi) is 3.76. The third-order valence-electron chi connectivity index (χ3n) is 4.81. The summed E-state index contributed by atoms with van der Waals surface area (Å²) in [6.07, 6.45) is 6.03. The summed E-state index contributed by atoms with van der Waals surface area (Å²) in [5.41, 5.74) is 1.49. The number of nitrogens with zero attached hydrogens (tertiary/aromatic N) is 1. The molecule has 1 N–H and O–H groups in total. The Balaban J connectivity index is 1.95. The summed E-state index contributed by atoms with van der Waals surface area (Å²) in [7, 11) is 0. The number of carbonyl (C=O) groups is 1. The van der Waals surface area contributed by atoms with Gasteiger partial charge in [-0.25, -0.2) is 0 Å². The standard InChI is InChI=1S/C16H20BrNO2/c17-13-11-12(16(15(19)20)7-1-2-8-16)5-6-14(13)18-9-3-4-10-18/h5-6,11H,1-4,7-10H2,(H,19,20). The number of anilines is 1. The first kappa shape index (κ1) is 13.9. The van der Waals surface area contributed by atoms with E-state index in [1.165, 1.54) is 18.5 Å². The van der Waals surface area contributed by atoms with Gasteiger partial charge in [-0.3, -0.25) is 4.79 Å². The molecular formula is C16H20BrNO2. The number of aliphatic carboxylic acids is 1. The van der Waals surface area contributed by atoms with Crippen molar-refractivity contribution in [2.24, 2.45) is 0 Å². The maximum Gasteiger partial charge on any atom is 0.314 e. The van der Waals surface area contributed by atoms with Crippen molar-refractivity contribution in [2.75, 3.05) is 18.0 Å². The predicted molar refractivity (Wildman–Crippen MR) is 83.4 cm³/mol. The third-order valence-corrected chi connectivity index (χ3v) is 5.45. The number of carboxylic acids is 1. The molecule has 0 radical (unpaired) electrons. The molecule has 0 amide bonds. The molecule has 1 aromatic carbocycles. The molecule has 1 saturated heterocycles. The third kappa shape index (κ3) is 2.24. The molecule has 1 aromatic rings. The average molecular weight is 338 g/mol. The molecule has 0 aromatic heterocycles. The summed E-state index contributed by atoms with van der Waals surface area (Å²) in [6, 6.07) is 6.15. The molecule has 0 bridgehead atoms. The molecule has 0 atom stereocenters. The lowest BCUT2D eigenvalue weighted by Gasteiger charge is -2.26. The summed E-state index contributed by atoms with van der Waals surface area (Å²) in [5.74, 6) is -0.671. The lowest BCUT2D eigenvalue weighted by atomic mass is 9.79. The van der Waals surface area contributed by atoms with Crippen LogP contribution in [0.3, 0.4) is 0 Å². The van der Waals surface area contributed by atoms with Crippen molar-refractivity contribution in [3.63, 3.8) is 0 Å². The van der Waals surface area contributed by atoms with E-state index in [0.717, 1.165) is 48.8 Å². The predicted octanol–water partition coefficient (Wildman–Crippen LogP) is 3.95. The molecule has 2 fully saturated rings. The van der Waals surface area contributed by atoms with Crippen molar-refractivity contribution in [2.45, 2.75) is 43.9 Å². The fourth-order valence-corrected chi connectivity index (χ4v) is 4.25. The van der Waals surface area contributed by atoms with Gasteiger partial charge in [0, 0.05) is 17.6 Å². The highest BCUT2D eigenvalue weighted by atomic mass is 79.9. The molecule has 0 unspecified atom stereocenters. The molecule has 2 aliphatic rings. The van der Waals surface area contributed by atoms with Crippen molar-refractivity contribution in [3.05, 3.63) is 28.2 Å². The first-order chi connectivity index (χ1) is 9.63. The summed E-state index contributed by atoms with van der Waals surface area (Å²) in [4.78, 5) is 14.1. The molecule has 4 heteroatoms. The molecule has 108 valence electrons. The molecule has 3 nitrogen and oxygen atoms in total. The second kappa shape index (κ2) is 5.40. The summed E-state index contributed by atoms with van der Waals surface area (Å²) >= 11 is 3.64.